The van der Waals surface area contributed by atoms with E-state index in [-0.39, 0.29) is 36.2 Å². The molecule has 1 unspecified atom stereocenters. The summed E-state index contributed by atoms with van der Waals surface area (Å²) in [7, 11) is 0. The molecule has 0 aliphatic carbocycles. The molecule has 2 atom stereocenters. The lowest BCUT2D eigenvalue weighted by Crippen LogP contribution is -2.51. The zero-order valence-corrected chi connectivity index (χ0v) is 14.9. The quantitative estimate of drug-likeness (QED) is 0.863. The molecule has 3 N–H and O–H groups in total. The van der Waals surface area contributed by atoms with Crippen LogP contribution in [-0.4, -0.2) is 41.9 Å². The first-order valence-electron chi connectivity index (χ1n) is 7.49. The van der Waals surface area contributed by atoms with Gasteiger partial charge in [-0.1, -0.05) is 25.4 Å². The molecule has 1 fully saturated rings. The number of nitrogens with two attached hydrogens (primary N) is 1. The summed E-state index contributed by atoms with van der Waals surface area (Å²) in [5.41, 5.74) is 6.34. The van der Waals surface area contributed by atoms with Crippen molar-refractivity contribution in [1.82, 2.24) is 10.2 Å². The summed E-state index contributed by atoms with van der Waals surface area (Å²) in [6.45, 7) is 5.04. The Kier molecular flexibility index (Phi) is 7.32. The number of hydrogen-bond acceptors (Lipinski definition) is 3. The van der Waals surface area contributed by atoms with Gasteiger partial charge in [-0.25, -0.2) is 0 Å². The average molecular weight is 360 g/mol. The lowest BCUT2D eigenvalue weighted by molar-refractivity contribution is -0.133. The molecule has 0 spiro atoms. The van der Waals surface area contributed by atoms with Crippen LogP contribution in [0.5, 0.6) is 0 Å². The highest BCUT2D eigenvalue weighted by atomic mass is 35.5. The fraction of sp³-hybridized carbons (Fsp3) is 0.500. The standard InChI is InChI=1S/C16H22ClN3O2.ClH/c1-10(2)14(16(22)20-8-7-13(18)9-20)19-15(21)11-3-5-12(17)6-4-11;/h3-6,10,13-14H,7-9,18H2,1-2H3,(H,19,21);1H/t13-,14?;/m1./s1. The summed E-state index contributed by atoms with van der Waals surface area (Å²) < 4.78 is 0. The molecule has 1 aliphatic heterocycles. The molecule has 128 valence electrons. The van der Waals surface area contributed by atoms with Gasteiger partial charge in [0.05, 0.1) is 0 Å². The third kappa shape index (κ3) is 5.09. The number of likely N-dealkylation sites (tertiary alicyclic amines) is 1. The molecule has 1 aromatic rings. The Hall–Kier alpha value is -1.30. The van der Waals surface area contributed by atoms with Crippen LogP contribution in [0.2, 0.25) is 5.02 Å². The van der Waals surface area contributed by atoms with Crippen LogP contribution in [0.15, 0.2) is 24.3 Å². The van der Waals surface area contributed by atoms with Crippen molar-refractivity contribution in [3.8, 4) is 0 Å². The van der Waals surface area contributed by atoms with Gasteiger partial charge in [0.1, 0.15) is 6.04 Å². The molecular weight excluding hydrogens is 337 g/mol. The Morgan fingerprint density at radius 1 is 1.30 bits per heavy atom. The number of amides is 2. The molecular formula is C16H23Cl2N3O2. The number of nitrogens with zero attached hydrogens (tertiary/aromatic N) is 1. The van der Waals surface area contributed by atoms with E-state index in [1.165, 1.54) is 0 Å². The van der Waals surface area contributed by atoms with Crippen LogP contribution in [0.4, 0.5) is 0 Å². The maximum atomic E-state index is 12.6. The minimum absolute atomic E-state index is 0. The van der Waals surface area contributed by atoms with E-state index >= 15 is 0 Å². The summed E-state index contributed by atoms with van der Waals surface area (Å²) in [6, 6.07) is 6.08. The van der Waals surface area contributed by atoms with Crippen LogP contribution >= 0.6 is 24.0 Å². The highest BCUT2D eigenvalue weighted by molar-refractivity contribution is 6.30. The fourth-order valence-electron chi connectivity index (χ4n) is 2.52. The first kappa shape index (κ1) is 19.7. The van der Waals surface area contributed by atoms with Crippen molar-refractivity contribution in [1.29, 1.82) is 0 Å². The lowest BCUT2D eigenvalue weighted by atomic mass is 10.0. The van der Waals surface area contributed by atoms with E-state index in [1.807, 2.05) is 13.8 Å². The molecule has 1 aliphatic rings. The van der Waals surface area contributed by atoms with E-state index in [1.54, 1.807) is 29.2 Å². The van der Waals surface area contributed by atoms with Crippen LogP contribution in [-0.2, 0) is 4.79 Å². The summed E-state index contributed by atoms with van der Waals surface area (Å²) >= 11 is 5.82. The Bertz CT molecular complexity index is 549. The van der Waals surface area contributed by atoms with E-state index in [4.69, 9.17) is 17.3 Å². The van der Waals surface area contributed by atoms with Gasteiger partial charge in [0, 0.05) is 29.7 Å². The van der Waals surface area contributed by atoms with Crippen LogP contribution in [0.1, 0.15) is 30.6 Å². The van der Waals surface area contributed by atoms with Crippen LogP contribution in [0.25, 0.3) is 0 Å². The zero-order chi connectivity index (χ0) is 16.3. The Morgan fingerprint density at radius 2 is 1.91 bits per heavy atom. The SMILES string of the molecule is CC(C)C(NC(=O)c1ccc(Cl)cc1)C(=O)N1CC[C@@H](N)C1.Cl. The summed E-state index contributed by atoms with van der Waals surface area (Å²) in [4.78, 5) is 26.6. The maximum absolute atomic E-state index is 12.6. The highest BCUT2D eigenvalue weighted by Gasteiger charge is 2.32. The van der Waals surface area contributed by atoms with Gasteiger partial charge in [-0.15, -0.1) is 12.4 Å². The van der Waals surface area contributed by atoms with E-state index in [2.05, 4.69) is 5.32 Å². The number of hydrogen-bond donors (Lipinski definition) is 2. The second-order valence-electron chi connectivity index (χ2n) is 6.04. The largest absolute Gasteiger partial charge is 0.340 e. The minimum Gasteiger partial charge on any atom is -0.340 e. The van der Waals surface area contributed by atoms with E-state index < -0.39 is 6.04 Å². The normalized spacial score (nSPS) is 18.5. The Balaban J connectivity index is 0.00000264. The van der Waals surface area contributed by atoms with Crippen molar-refractivity contribution in [3.05, 3.63) is 34.9 Å². The van der Waals surface area contributed by atoms with Crippen molar-refractivity contribution in [2.75, 3.05) is 13.1 Å². The predicted octanol–water partition coefficient (Wildman–Crippen LogP) is 2.08. The molecule has 2 rings (SSSR count). The van der Waals surface area contributed by atoms with Gasteiger partial charge in [0.15, 0.2) is 0 Å². The van der Waals surface area contributed by atoms with Gasteiger partial charge in [-0.2, -0.15) is 0 Å². The van der Waals surface area contributed by atoms with Crippen molar-refractivity contribution >= 4 is 35.8 Å². The topological polar surface area (TPSA) is 75.4 Å². The predicted molar refractivity (Wildman–Crippen MR) is 94.0 cm³/mol. The van der Waals surface area contributed by atoms with Gasteiger partial charge in [-0.3, -0.25) is 9.59 Å². The van der Waals surface area contributed by atoms with Gasteiger partial charge in [0.2, 0.25) is 5.91 Å². The molecule has 1 aromatic carbocycles. The number of carbonyl (C=O) groups excluding carboxylic acids is 2. The monoisotopic (exact) mass is 359 g/mol. The molecule has 0 radical (unpaired) electrons. The third-order valence-corrected chi connectivity index (χ3v) is 4.11. The number of nitrogens with one attached hydrogen (secondary N) is 1. The maximum Gasteiger partial charge on any atom is 0.251 e. The second kappa shape index (κ2) is 8.52. The van der Waals surface area contributed by atoms with Gasteiger partial charge >= 0.3 is 0 Å². The van der Waals surface area contributed by atoms with E-state index in [9.17, 15) is 9.59 Å². The third-order valence-electron chi connectivity index (χ3n) is 3.86. The van der Waals surface area contributed by atoms with Gasteiger partial charge < -0.3 is 16.0 Å². The zero-order valence-electron chi connectivity index (χ0n) is 13.3. The molecule has 1 saturated heterocycles. The average Bonchev–Trinajstić information content (AvgIpc) is 2.91. The molecule has 0 bridgehead atoms. The van der Waals surface area contributed by atoms with Crippen molar-refractivity contribution in [2.45, 2.75) is 32.4 Å². The van der Waals surface area contributed by atoms with Gasteiger partial charge in [0.25, 0.3) is 5.91 Å². The summed E-state index contributed by atoms with van der Waals surface area (Å²) in [6.07, 6.45) is 0.807. The molecule has 23 heavy (non-hydrogen) atoms. The van der Waals surface area contributed by atoms with E-state index in [0.717, 1.165) is 6.42 Å². The second-order valence-corrected chi connectivity index (χ2v) is 6.47. The Morgan fingerprint density at radius 3 is 2.39 bits per heavy atom. The number of rotatable bonds is 4. The number of benzene rings is 1. The van der Waals surface area contributed by atoms with Crippen LogP contribution < -0.4 is 11.1 Å². The highest BCUT2D eigenvalue weighted by Crippen LogP contribution is 2.14. The minimum atomic E-state index is -0.548. The first-order chi connectivity index (χ1) is 10.4. The molecule has 2 amide bonds. The van der Waals surface area contributed by atoms with Crippen molar-refractivity contribution in [3.63, 3.8) is 0 Å². The van der Waals surface area contributed by atoms with Crippen molar-refractivity contribution in [2.24, 2.45) is 11.7 Å². The number of carbonyl (C=O) groups is 2. The van der Waals surface area contributed by atoms with Crippen LogP contribution in [0.3, 0.4) is 0 Å². The molecule has 0 aromatic heterocycles. The Labute approximate surface area is 148 Å². The first-order valence-corrected chi connectivity index (χ1v) is 7.87. The molecule has 7 heteroatoms. The van der Waals surface area contributed by atoms with Crippen molar-refractivity contribution < 1.29 is 9.59 Å². The van der Waals surface area contributed by atoms with E-state index in [0.29, 0.717) is 23.7 Å². The summed E-state index contributed by atoms with van der Waals surface area (Å²) in [5.74, 6) is -0.335. The number of halogens is 2. The van der Waals surface area contributed by atoms with Crippen LogP contribution in [0, 0.1) is 5.92 Å². The smallest absolute Gasteiger partial charge is 0.251 e. The lowest BCUT2D eigenvalue weighted by Gasteiger charge is -2.26. The molecule has 5 nitrogen and oxygen atoms in total. The fourth-order valence-corrected chi connectivity index (χ4v) is 2.65. The molecule has 1 heterocycles. The molecule has 0 saturated carbocycles. The summed E-state index contributed by atoms with van der Waals surface area (Å²) in [5, 5.41) is 3.40. The van der Waals surface area contributed by atoms with Gasteiger partial charge in [-0.05, 0) is 36.6 Å².